The lowest BCUT2D eigenvalue weighted by Gasteiger charge is -2.01. The molecular formula is C12H7BrN2O2S2. The molecule has 2 aromatic heterocycles. The van der Waals surface area contributed by atoms with Crippen molar-refractivity contribution in [2.24, 2.45) is 0 Å². The minimum Gasteiger partial charge on any atom is -0.450 e. The highest BCUT2D eigenvalue weighted by Gasteiger charge is 2.38. The summed E-state index contributed by atoms with van der Waals surface area (Å²) >= 11 is 5.78. The predicted octanol–water partition coefficient (Wildman–Crippen LogP) is 3.92. The number of thioether (sulfide) groups is 1. The van der Waals surface area contributed by atoms with Crippen LogP contribution in [0.4, 0.5) is 0 Å². The van der Waals surface area contributed by atoms with E-state index in [1.807, 2.05) is 5.38 Å². The number of nitrogens with one attached hydrogen (secondary N) is 1. The summed E-state index contributed by atoms with van der Waals surface area (Å²) in [5.41, 5.74) is 0. The van der Waals surface area contributed by atoms with E-state index in [0.29, 0.717) is 25.4 Å². The van der Waals surface area contributed by atoms with Gasteiger partial charge in [0, 0.05) is 11.6 Å². The summed E-state index contributed by atoms with van der Waals surface area (Å²) in [5.74, 6) is -0.0394. The number of hydrogen-bond donors (Lipinski definition) is 1. The van der Waals surface area contributed by atoms with Gasteiger partial charge in [-0.25, -0.2) is 4.98 Å². The molecule has 1 aliphatic rings. The highest BCUT2D eigenvalue weighted by molar-refractivity contribution is 9.10. The molecule has 96 valence electrons. The molecule has 0 spiro atoms. The maximum Gasteiger partial charge on any atom is 0.186 e. The van der Waals surface area contributed by atoms with E-state index in [1.165, 1.54) is 23.1 Å². The largest absolute Gasteiger partial charge is 0.450 e. The topological polar surface area (TPSA) is 67.0 Å². The van der Waals surface area contributed by atoms with Gasteiger partial charge in [0.25, 0.3) is 0 Å². The average molecular weight is 355 g/mol. The molecule has 0 aliphatic carbocycles. The molecule has 7 heteroatoms. The molecule has 3 rings (SSSR count). The lowest BCUT2D eigenvalue weighted by molar-refractivity contribution is -0.114. The number of nitrogens with zero attached hydrogens (tertiary/aromatic N) is 1. The van der Waals surface area contributed by atoms with Crippen molar-refractivity contribution < 1.29 is 9.21 Å². The van der Waals surface area contributed by atoms with Crippen LogP contribution in [0.2, 0.25) is 0 Å². The molecule has 1 saturated heterocycles. The molecule has 1 fully saturated rings. The van der Waals surface area contributed by atoms with E-state index >= 15 is 0 Å². The van der Waals surface area contributed by atoms with Gasteiger partial charge in [0.1, 0.15) is 16.7 Å². The second kappa shape index (κ2) is 5.07. The van der Waals surface area contributed by atoms with E-state index in [-0.39, 0.29) is 5.78 Å². The van der Waals surface area contributed by atoms with E-state index < -0.39 is 5.92 Å². The average Bonchev–Trinajstić information content (AvgIpc) is 3.04. The summed E-state index contributed by atoms with van der Waals surface area (Å²) in [6.07, 6.45) is 3.32. The Bertz CT molecular complexity index is 676. The molecule has 1 N–H and O–H groups in total. The van der Waals surface area contributed by atoms with E-state index in [1.54, 1.807) is 24.4 Å². The number of aromatic nitrogens is 1. The van der Waals surface area contributed by atoms with Crippen LogP contribution in [-0.2, 0) is 4.79 Å². The number of carbonyl (C=O) groups is 1. The first-order valence-electron chi connectivity index (χ1n) is 5.32. The van der Waals surface area contributed by atoms with Crippen LogP contribution in [0.3, 0.4) is 0 Å². The number of allylic oxidation sites excluding steroid dienone is 1. The number of halogens is 1. The van der Waals surface area contributed by atoms with Crippen LogP contribution in [0, 0.1) is 5.41 Å². The fourth-order valence-corrected chi connectivity index (χ4v) is 3.83. The lowest BCUT2D eigenvalue weighted by Crippen LogP contribution is -2.11. The van der Waals surface area contributed by atoms with Crippen LogP contribution in [-0.4, -0.2) is 15.8 Å². The Balaban J connectivity index is 1.93. The zero-order valence-electron chi connectivity index (χ0n) is 9.42. The minimum atomic E-state index is -0.547. The van der Waals surface area contributed by atoms with Crippen molar-refractivity contribution in [1.82, 2.24) is 4.98 Å². The number of furan rings is 1. The molecule has 19 heavy (non-hydrogen) atoms. The van der Waals surface area contributed by atoms with Gasteiger partial charge in [-0.1, -0.05) is 11.8 Å². The minimum absolute atomic E-state index is 0.0857. The van der Waals surface area contributed by atoms with Crippen LogP contribution in [0.1, 0.15) is 16.7 Å². The first-order chi connectivity index (χ1) is 9.15. The second-order valence-electron chi connectivity index (χ2n) is 3.78. The van der Waals surface area contributed by atoms with Crippen molar-refractivity contribution >= 4 is 55.9 Å². The Labute approximate surface area is 125 Å². The standard InChI is InChI=1S/C12H7BrN2O2S2/c13-8-2-1-6(17-8)5-7-10(16)9(11(14)19-7)12-15-3-4-18-12/h1-5,9,14H/b7-5-,14-11?/t9-/m1/s1. The van der Waals surface area contributed by atoms with Gasteiger partial charge in [-0.2, -0.15) is 0 Å². The number of thiazole rings is 1. The highest BCUT2D eigenvalue weighted by atomic mass is 79.9. The Kier molecular flexibility index (Phi) is 3.42. The molecule has 0 bridgehead atoms. The van der Waals surface area contributed by atoms with Crippen molar-refractivity contribution in [3.05, 3.63) is 44.1 Å². The SMILES string of the molecule is N=C1S/C(=C\c2ccc(Br)o2)C(=O)[C@H]1c1nccs1. The van der Waals surface area contributed by atoms with Crippen molar-refractivity contribution in [3.63, 3.8) is 0 Å². The molecule has 3 heterocycles. The number of hydrogen-bond acceptors (Lipinski definition) is 6. The zero-order valence-corrected chi connectivity index (χ0v) is 12.6. The van der Waals surface area contributed by atoms with Crippen molar-refractivity contribution in [1.29, 1.82) is 5.41 Å². The number of carbonyl (C=O) groups excluding carboxylic acids is 1. The fraction of sp³-hybridized carbons (Fsp3) is 0.0833. The summed E-state index contributed by atoms with van der Waals surface area (Å²) in [4.78, 5) is 17.0. The molecule has 0 amide bonds. The maximum absolute atomic E-state index is 12.3. The Morgan fingerprint density at radius 3 is 2.95 bits per heavy atom. The lowest BCUT2D eigenvalue weighted by atomic mass is 10.1. The molecule has 1 aliphatic heterocycles. The monoisotopic (exact) mass is 354 g/mol. The van der Waals surface area contributed by atoms with Crippen molar-refractivity contribution in [3.8, 4) is 0 Å². The Hall–Kier alpha value is -1.18. The molecule has 4 nitrogen and oxygen atoms in total. The first kappa shape index (κ1) is 12.8. The van der Waals surface area contributed by atoms with Gasteiger partial charge in [-0.05, 0) is 34.1 Å². The van der Waals surface area contributed by atoms with Crippen LogP contribution in [0.25, 0.3) is 6.08 Å². The predicted molar refractivity (Wildman–Crippen MR) is 79.6 cm³/mol. The van der Waals surface area contributed by atoms with Gasteiger partial charge < -0.3 is 4.42 Å². The van der Waals surface area contributed by atoms with Crippen molar-refractivity contribution in [2.45, 2.75) is 5.92 Å². The molecule has 0 saturated carbocycles. The fourth-order valence-electron chi connectivity index (χ4n) is 1.73. The van der Waals surface area contributed by atoms with E-state index in [4.69, 9.17) is 9.83 Å². The quantitative estimate of drug-likeness (QED) is 0.830. The van der Waals surface area contributed by atoms with Crippen LogP contribution < -0.4 is 0 Å². The third kappa shape index (κ3) is 2.45. The number of rotatable bonds is 2. The van der Waals surface area contributed by atoms with Crippen LogP contribution >= 0.6 is 39.0 Å². The summed E-state index contributed by atoms with van der Waals surface area (Å²) < 4.78 is 5.96. The smallest absolute Gasteiger partial charge is 0.186 e. The maximum atomic E-state index is 12.3. The third-order valence-corrected chi connectivity index (χ3v) is 4.81. The Morgan fingerprint density at radius 1 is 1.47 bits per heavy atom. The van der Waals surface area contributed by atoms with Gasteiger partial charge >= 0.3 is 0 Å². The molecule has 0 radical (unpaired) electrons. The molecule has 0 unspecified atom stereocenters. The molecule has 0 aromatic carbocycles. The van der Waals surface area contributed by atoms with Gasteiger partial charge in [0.15, 0.2) is 10.5 Å². The summed E-state index contributed by atoms with van der Waals surface area (Å²) in [6, 6.07) is 3.53. The summed E-state index contributed by atoms with van der Waals surface area (Å²) in [7, 11) is 0. The molecule has 1 atom stereocenters. The van der Waals surface area contributed by atoms with E-state index in [9.17, 15) is 4.79 Å². The zero-order chi connectivity index (χ0) is 13.4. The van der Waals surface area contributed by atoms with Crippen molar-refractivity contribution in [2.75, 3.05) is 0 Å². The van der Waals surface area contributed by atoms with E-state index in [2.05, 4.69) is 20.9 Å². The summed E-state index contributed by atoms with van der Waals surface area (Å²) in [5, 5.41) is 10.7. The molecular weight excluding hydrogens is 348 g/mol. The van der Waals surface area contributed by atoms with Gasteiger partial charge in [0.2, 0.25) is 0 Å². The number of Topliss-reactive ketones (excluding diaryl/α,β-unsaturated/α-hetero) is 1. The van der Waals surface area contributed by atoms with Crippen LogP contribution in [0.5, 0.6) is 0 Å². The third-order valence-electron chi connectivity index (χ3n) is 2.55. The van der Waals surface area contributed by atoms with Crippen LogP contribution in [0.15, 0.2) is 37.7 Å². The van der Waals surface area contributed by atoms with E-state index in [0.717, 1.165) is 0 Å². The highest BCUT2D eigenvalue weighted by Crippen LogP contribution is 2.41. The second-order valence-corrected chi connectivity index (χ2v) is 6.58. The molecule has 2 aromatic rings. The van der Waals surface area contributed by atoms with Gasteiger partial charge in [-0.3, -0.25) is 10.2 Å². The normalized spacial score (nSPS) is 21.5. The summed E-state index contributed by atoms with van der Waals surface area (Å²) in [6.45, 7) is 0. The Morgan fingerprint density at radius 2 is 2.32 bits per heavy atom. The number of ketones is 1. The van der Waals surface area contributed by atoms with Gasteiger partial charge in [0.05, 0.1) is 9.95 Å². The first-order valence-corrected chi connectivity index (χ1v) is 7.81. The van der Waals surface area contributed by atoms with Gasteiger partial charge in [-0.15, -0.1) is 11.3 Å².